The molecule has 2 aromatic heterocycles. The molecule has 0 atom stereocenters. The smallest absolute Gasteiger partial charge is 0.222 e. The van der Waals surface area contributed by atoms with Crippen LogP contribution in [0.25, 0.3) is 39.1 Å². The molecule has 0 bridgehead atoms. The van der Waals surface area contributed by atoms with Crippen molar-refractivity contribution in [3.05, 3.63) is 76.8 Å². The maximum atomic E-state index is 11.3. The molecule has 0 fully saturated rings. The van der Waals surface area contributed by atoms with Crippen LogP contribution >= 0.6 is 15.9 Å². The van der Waals surface area contributed by atoms with E-state index in [0.717, 1.165) is 43.6 Å². The molecule has 0 radical (unpaired) electrons. The summed E-state index contributed by atoms with van der Waals surface area (Å²) in [6, 6.07) is 21.7. The van der Waals surface area contributed by atoms with E-state index in [0.29, 0.717) is 17.0 Å². The van der Waals surface area contributed by atoms with Gasteiger partial charge >= 0.3 is 0 Å². The number of hydrogen-bond acceptors (Lipinski definition) is 4. The van der Waals surface area contributed by atoms with Gasteiger partial charge < -0.3 is 14.6 Å². The summed E-state index contributed by atoms with van der Waals surface area (Å²) in [5.41, 5.74) is 5.90. The van der Waals surface area contributed by atoms with Gasteiger partial charge in [-0.05, 0) is 49.4 Å². The SMILES string of the molecule is COc1ccc(-c2c3c(-c4ccc(Br)cc4)n[nH]c3c(O)n2-c2ccc(C)cc2)cc1OC. The number of methoxy groups -OCH3 is 2. The highest BCUT2D eigenvalue weighted by Crippen LogP contribution is 2.45. The fraction of sp³-hybridized carbons (Fsp3) is 0.115. The molecular weight excluding hydrogens is 482 g/mol. The molecule has 0 saturated heterocycles. The third kappa shape index (κ3) is 3.54. The summed E-state index contributed by atoms with van der Waals surface area (Å²) in [4.78, 5) is 0. The molecule has 7 heteroatoms. The number of aromatic hydroxyl groups is 1. The Hall–Kier alpha value is -3.71. The van der Waals surface area contributed by atoms with Gasteiger partial charge in [-0.25, -0.2) is 0 Å². The van der Waals surface area contributed by atoms with Crippen molar-refractivity contribution in [2.45, 2.75) is 6.92 Å². The number of fused-ring (bicyclic) bond motifs is 1. The zero-order chi connectivity index (χ0) is 23.1. The number of aryl methyl sites for hydroxylation is 1. The monoisotopic (exact) mass is 503 g/mol. The quantitative estimate of drug-likeness (QED) is 0.287. The van der Waals surface area contributed by atoms with Gasteiger partial charge in [-0.1, -0.05) is 45.8 Å². The summed E-state index contributed by atoms with van der Waals surface area (Å²) in [5, 5.41) is 19.7. The predicted octanol–water partition coefficient (Wildman–Crippen LogP) is 6.48. The Morgan fingerprint density at radius 2 is 1.55 bits per heavy atom. The van der Waals surface area contributed by atoms with Gasteiger partial charge in [0.05, 0.1) is 25.3 Å². The summed E-state index contributed by atoms with van der Waals surface area (Å²) in [5.74, 6) is 1.33. The van der Waals surface area contributed by atoms with E-state index in [2.05, 4.69) is 26.1 Å². The summed E-state index contributed by atoms with van der Waals surface area (Å²) in [6.07, 6.45) is 0. The topological polar surface area (TPSA) is 72.3 Å². The van der Waals surface area contributed by atoms with Crippen LogP contribution in [0.1, 0.15) is 5.56 Å². The first-order valence-electron chi connectivity index (χ1n) is 10.4. The van der Waals surface area contributed by atoms with Gasteiger partial charge in [0.2, 0.25) is 5.88 Å². The van der Waals surface area contributed by atoms with Crippen LogP contribution in [0, 0.1) is 6.92 Å². The molecule has 0 saturated carbocycles. The Labute approximate surface area is 199 Å². The van der Waals surface area contributed by atoms with E-state index in [1.807, 2.05) is 78.2 Å². The summed E-state index contributed by atoms with van der Waals surface area (Å²) in [7, 11) is 3.22. The molecule has 166 valence electrons. The first-order valence-corrected chi connectivity index (χ1v) is 11.2. The van der Waals surface area contributed by atoms with E-state index in [1.54, 1.807) is 14.2 Å². The predicted molar refractivity (Wildman–Crippen MR) is 133 cm³/mol. The normalized spacial score (nSPS) is 11.2. The molecule has 33 heavy (non-hydrogen) atoms. The Balaban J connectivity index is 1.86. The lowest BCUT2D eigenvalue weighted by molar-refractivity contribution is 0.355. The maximum Gasteiger partial charge on any atom is 0.222 e. The van der Waals surface area contributed by atoms with Crippen LogP contribution in [0.5, 0.6) is 17.4 Å². The molecule has 0 unspecified atom stereocenters. The molecule has 6 nitrogen and oxygen atoms in total. The third-order valence-electron chi connectivity index (χ3n) is 5.73. The molecule has 2 N–H and O–H groups in total. The second kappa shape index (κ2) is 8.33. The highest BCUT2D eigenvalue weighted by atomic mass is 79.9. The van der Waals surface area contributed by atoms with Crippen molar-refractivity contribution >= 4 is 26.8 Å². The zero-order valence-electron chi connectivity index (χ0n) is 18.4. The summed E-state index contributed by atoms with van der Waals surface area (Å²) < 4.78 is 13.8. The van der Waals surface area contributed by atoms with Crippen LogP contribution in [-0.2, 0) is 0 Å². The van der Waals surface area contributed by atoms with Crippen molar-refractivity contribution in [2.24, 2.45) is 0 Å². The minimum Gasteiger partial charge on any atom is -0.493 e. The van der Waals surface area contributed by atoms with Crippen molar-refractivity contribution < 1.29 is 14.6 Å². The summed E-state index contributed by atoms with van der Waals surface area (Å²) in [6.45, 7) is 2.04. The lowest BCUT2D eigenvalue weighted by Gasteiger charge is -2.14. The van der Waals surface area contributed by atoms with Crippen LogP contribution in [-0.4, -0.2) is 34.1 Å². The third-order valence-corrected chi connectivity index (χ3v) is 6.26. The second-order valence-electron chi connectivity index (χ2n) is 7.74. The van der Waals surface area contributed by atoms with Gasteiger partial charge in [-0.15, -0.1) is 0 Å². The number of halogens is 1. The van der Waals surface area contributed by atoms with Gasteiger partial charge in [-0.2, -0.15) is 5.10 Å². The second-order valence-corrected chi connectivity index (χ2v) is 8.66. The van der Waals surface area contributed by atoms with Crippen molar-refractivity contribution in [1.82, 2.24) is 14.8 Å². The first-order chi connectivity index (χ1) is 16.0. The van der Waals surface area contributed by atoms with Gasteiger partial charge in [0, 0.05) is 21.3 Å². The average Bonchev–Trinajstić information content (AvgIpc) is 3.39. The number of nitrogens with one attached hydrogen (secondary N) is 1. The number of aromatic amines is 1. The lowest BCUT2D eigenvalue weighted by Crippen LogP contribution is -1.98. The van der Waals surface area contributed by atoms with Crippen LogP contribution in [0.3, 0.4) is 0 Å². The molecule has 3 aromatic carbocycles. The van der Waals surface area contributed by atoms with Crippen LogP contribution in [0.15, 0.2) is 71.2 Å². The van der Waals surface area contributed by atoms with Crippen LogP contribution < -0.4 is 9.47 Å². The fourth-order valence-electron chi connectivity index (χ4n) is 4.08. The number of benzene rings is 3. The molecule has 0 spiro atoms. The number of hydrogen-bond donors (Lipinski definition) is 2. The first kappa shape index (κ1) is 21.2. The van der Waals surface area contributed by atoms with Gasteiger partial charge in [0.25, 0.3) is 0 Å². The Morgan fingerprint density at radius 1 is 0.879 bits per heavy atom. The largest absolute Gasteiger partial charge is 0.493 e. The number of H-pyrrole nitrogens is 1. The van der Waals surface area contributed by atoms with Crippen molar-refractivity contribution in [1.29, 1.82) is 0 Å². The molecule has 0 aliphatic carbocycles. The molecule has 0 amide bonds. The Bertz CT molecular complexity index is 1450. The van der Waals surface area contributed by atoms with Gasteiger partial charge in [-0.3, -0.25) is 9.67 Å². The van der Waals surface area contributed by atoms with Crippen LogP contribution in [0.2, 0.25) is 0 Å². The highest BCUT2D eigenvalue weighted by molar-refractivity contribution is 9.10. The molecule has 0 aliphatic heterocycles. The van der Waals surface area contributed by atoms with Crippen molar-refractivity contribution in [2.75, 3.05) is 14.2 Å². The number of aromatic nitrogens is 3. The molecule has 0 aliphatic rings. The number of rotatable bonds is 5. The Morgan fingerprint density at radius 3 is 2.21 bits per heavy atom. The zero-order valence-corrected chi connectivity index (χ0v) is 20.0. The standard InChI is InChI=1S/C26H22BrN3O3/c1-15-4-11-19(12-5-15)30-25(17-8-13-20(32-2)21(14-17)33-3)22-23(28-29-24(22)26(30)31)16-6-9-18(27)10-7-16/h4-14,29,31H,1-3H3. The van der Waals surface area contributed by atoms with Crippen molar-refractivity contribution in [3.8, 4) is 45.6 Å². The van der Waals surface area contributed by atoms with E-state index in [9.17, 15) is 5.11 Å². The van der Waals surface area contributed by atoms with E-state index in [1.165, 1.54) is 0 Å². The highest BCUT2D eigenvalue weighted by Gasteiger charge is 2.25. The van der Waals surface area contributed by atoms with E-state index in [4.69, 9.17) is 9.47 Å². The van der Waals surface area contributed by atoms with E-state index in [-0.39, 0.29) is 5.88 Å². The molecule has 2 heterocycles. The maximum absolute atomic E-state index is 11.3. The minimum atomic E-state index is 0.0921. The van der Waals surface area contributed by atoms with E-state index < -0.39 is 0 Å². The average molecular weight is 504 g/mol. The Kier molecular flexibility index (Phi) is 5.34. The molecule has 5 aromatic rings. The molecular formula is C26H22BrN3O3. The van der Waals surface area contributed by atoms with Crippen molar-refractivity contribution in [3.63, 3.8) is 0 Å². The number of nitrogens with zero attached hydrogens (tertiary/aromatic N) is 2. The fourth-order valence-corrected chi connectivity index (χ4v) is 4.35. The van der Waals surface area contributed by atoms with Crippen LogP contribution in [0.4, 0.5) is 0 Å². The summed E-state index contributed by atoms with van der Waals surface area (Å²) >= 11 is 3.49. The van der Waals surface area contributed by atoms with Gasteiger partial charge in [0.15, 0.2) is 11.5 Å². The minimum absolute atomic E-state index is 0.0921. The molecule has 5 rings (SSSR count). The van der Waals surface area contributed by atoms with E-state index >= 15 is 0 Å². The lowest BCUT2D eigenvalue weighted by atomic mass is 10.0. The number of ether oxygens (including phenoxy) is 2. The van der Waals surface area contributed by atoms with Gasteiger partial charge in [0.1, 0.15) is 11.2 Å².